The number of pyridine rings is 1. The Morgan fingerprint density at radius 3 is 2.25 bits per heavy atom. The molecule has 1 heterocycles. The van der Waals surface area contributed by atoms with Crippen LogP contribution in [0.1, 0.15) is 0 Å². The van der Waals surface area contributed by atoms with Gasteiger partial charge in [0.1, 0.15) is 0 Å². The van der Waals surface area contributed by atoms with Crippen LogP contribution in [-0.2, 0) is 0 Å². The lowest BCUT2D eigenvalue weighted by molar-refractivity contribution is 1.19. The summed E-state index contributed by atoms with van der Waals surface area (Å²) in [5, 5.41) is 1.88. The summed E-state index contributed by atoms with van der Waals surface area (Å²) < 4.78 is 0. The number of rotatable bonds is 1. The van der Waals surface area contributed by atoms with Crippen LogP contribution in [0.2, 0.25) is 10.0 Å². The smallest absolute Gasteiger partial charge is 0.198 e. The molecule has 0 spiro atoms. The second-order valence-corrected chi connectivity index (χ2v) is 5.58. The minimum Gasteiger partial charge on any atom is -0.349 e. The summed E-state index contributed by atoms with van der Waals surface area (Å²) in [6.07, 6.45) is 0. The monoisotopic (exact) mass is 321 g/mol. The number of hydrogen-bond donors (Lipinski definition) is 2. The van der Waals surface area contributed by atoms with Gasteiger partial charge in [-0.3, -0.25) is 4.79 Å². The second-order valence-electron chi connectivity index (χ2n) is 4.32. The number of halogens is 2. The van der Waals surface area contributed by atoms with Crippen molar-refractivity contribution in [3.63, 3.8) is 0 Å². The van der Waals surface area contributed by atoms with Crippen LogP contribution in [0.3, 0.4) is 0 Å². The third kappa shape index (κ3) is 2.12. The van der Waals surface area contributed by atoms with Crippen molar-refractivity contribution in [1.29, 1.82) is 0 Å². The maximum absolute atomic E-state index is 12.7. The van der Waals surface area contributed by atoms with Gasteiger partial charge in [-0.1, -0.05) is 41.4 Å². The van der Waals surface area contributed by atoms with Crippen LogP contribution in [0.15, 0.2) is 52.3 Å². The van der Waals surface area contributed by atoms with Crippen LogP contribution < -0.4 is 5.43 Å². The van der Waals surface area contributed by atoms with Crippen LogP contribution in [0.25, 0.3) is 22.0 Å². The van der Waals surface area contributed by atoms with E-state index in [1.807, 2.05) is 18.2 Å². The van der Waals surface area contributed by atoms with Gasteiger partial charge in [-0.2, -0.15) is 0 Å². The van der Waals surface area contributed by atoms with Gasteiger partial charge in [0.25, 0.3) is 0 Å². The van der Waals surface area contributed by atoms with Crippen LogP contribution in [-0.4, -0.2) is 4.98 Å². The largest absolute Gasteiger partial charge is 0.349 e. The Labute approximate surface area is 130 Å². The van der Waals surface area contributed by atoms with E-state index in [9.17, 15) is 4.79 Å². The molecule has 0 saturated heterocycles. The van der Waals surface area contributed by atoms with E-state index in [4.69, 9.17) is 23.2 Å². The Hall–Kier alpha value is -1.42. The summed E-state index contributed by atoms with van der Waals surface area (Å²) in [6, 6.07) is 12.4. The molecule has 2 nitrogen and oxygen atoms in total. The molecule has 0 aliphatic rings. The molecule has 0 unspecified atom stereocenters. The normalized spacial score (nSPS) is 10.9. The molecule has 1 N–H and O–H groups in total. The van der Waals surface area contributed by atoms with Gasteiger partial charge in [-0.25, -0.2) is 0 Å². The third-order valence-electron chi connectivity index (χ3n) is 3.10. The number of H-pyrrole nitrogens is 1. The molecular formula is C15H9Cl2NOS. The molecule has 0 fully saturated rings. The number of nitrogens with one attached hydrogen (secondary N) is 1. The molecule has 0 aliphatic carbocycles. The molecule has 100 valence electrons. The van der Waals surface area contributed by atoms with E-state index in [1.165, 1.54) is 0 Å². The molecule has 0 saturated carbocycles. The summed E-state index contributed by atoms with van der Waals surface area (Å²) >= 11 is 16.8. The molecule has 1 aromatic heterocycles. The van der Waals surface area contributed by atoms with Crippen LogP contribution in [0.4, 0.5) is 0 Å². The molecule has 5 heteroatoms. The van der Waals surface area contributed by atoms with Gasteiger partial charge in [0.05, 0.1) is 26.2 Å². The number of fused-ring (bicyclic) bond motifs is 1. The first-order chi connectivity index (χ1) is 9.59. The first-order valence-electron chi connectivity index (χ1n) is 5.88. The maximum Gasteiger partial charge on any atom is 0.198 e. The molecular weight excluding hydrogens is 313 g/mol. The van der Waals surface area contributed by atoms with Gasteiger partial charge in [0.2, 0.25) is 0 Å². The minimum atomic E-state index is -0.139. The predicted octanol–water partition coefficient (Wildman–Crippen LogP) is 4.79. The molecule has 2 aromatic carbocycles. The summed E-state index contributed by atoms with van der Waals surface area (Å²) in [4.78, 5) is 15.8. The van der Waals surface area contributed by atoms with E-state index in [2.05, 4.69) is 17.6 Å². The van der Waals surface area contributed by atoms with Crippen molar-refractivity contribution in [3.05, 3.63) is 62.7 Å². The molecule has 0 aliphatic heterocycles. The first-order valence-corrected chi connectivity index (χ1v) is 7.08. The Bertz CT molecular complexity index is 853. The molecule has 0 amide bonds. The first kappa shape index (κ1) is 13.6. The fraction of sp³-hybridized carbons (Fsp3) is 0. The number of benzene rings is 2. The molecule has 3 aromatic rings. The Morgan fingerprint density at radius 2 is 1.55 bits per heavy atom. The van der Waals surface area contributed by atoms with Gasteiger partial charge in [0.15, 0.2) is 5.43 Å². The standard InChI is InChI=1S/C15H9Cl2NOS/c16-9-5-3-6-10(17)12(9)13-14(19)8-4-1-2-7-11(8)18-15(13)20/h1-7H,(H2,18,19,20). The van der Waals surface area contributed by atoms with Crippen LogP contribution >= 0.6 is 35.8 Å². The summed E-state index contributed by atoms with van der Waals surface area (Å²) in [5.74, 6) is 0. The van der Waals surface area contributed by atoms with Gasteiger partial charge in [0, 0.05) is 10.9 Å². The highest BCUT2D eigenvalue weighted by Crippen LogP contribution is 2.35. The Morgan fingerprint density at radius 1 is 0.900 bits per heavy atom. The fourth-order valence-electron chi connectivity index (χ4n) is 2.19. The quantitative estimate of drug-likeness (QED) is 0.620. The zero-order valence-corrected chi connectivity index (χ0v) is 12.6. The number of aromatic amines is 1. The topological polar surface area (TPSA) is 32.9 Å². The molecule has 0 atom stereocenters. The lowest BCUT2D eigenvalue weighted by Gasteiger charge is -2.10. The fourth-order valence-corrected chi connectivity index (χ4v) is 3.11. The summed E-state index contributed by atoms with van der Waals surface area (Å²) in [5.41, 5.74) is 1.49. The van der Waals surface area contributed by atoms with Crippen molar-refractivity contribution < 1.29 is 0 Å². The van der Waals surface area contributed by atoms with Crippen LogP contribution in [0.5, 0.6) is 0 Å². The Kier molecular flexibility index (Phi) is 3.50. The van der Waals surface area contributed by atoms with Gasteiger partial charge in [-0.05, 0) is 24.3 Å². The zero-order chi connectivity index (χ0) is 14.3. The van der Waals surface area contributed by atoms with Crippen molar-refractivity contribution in [2.45, 2.75) is 5.03 Å². The zero-order valence-electron chi connectivity index (χ0n) is 10.2. The Balaban J connectivity index is 2.46. The minimum absolute atomic E-state index is 0.139. The van der Waals surface area contributed by atoms with Gasteiger partial charge < -0.3 is 4.98 Å². The highest BCUT2D eigenvalue weighted by molar-refractivity contribution is 7.80. The van der Waals surface area contributed by atoms with E-state index < -0.39 is 0 Å². The van der Waals surface area contributed by atoms with E-state index in [1.54, 1.807) is 24.3 Å². The van der Waals surface area contributed by atoms with E-state index in [0.717, 1.165) is 5.52 Å². The van der Waals surface area contributed by atoms with Crippen molar-refractivity contribution in [3.8, 4) is 11.1 Å². The van der Waals surface area contributed by atoms with Crippen molar-refractivity contribution in [2.75, 3.05) is 0 Å². The molecule has 3 rings (SSSR count). The number of hydrogen-bond acceptors (Lipinski definition) is 2. The highest BCUT2D eigenvalue weighted by atomic mass is 35.5. The van der Waals surface area contributed by atoms with Crippen molar-refractivity contribution >= 4 is 46.7 Å². The number of para-hydroxylation sites is 1. The molecule has 20 heavy (non-hydrogen) atoms. The highest BCUT2D eigenvalue weighted by Gasteiger charge is 2.17. The summed E-state index contributed by atoms with van der Waals surface area (Å²) in [7, 11) is 0. The SMILES string of the molecule is O=c1c(-c2c(Cl)cccc2Cl)c(S)[nH]c2ccccc12. The predicted molar refractivity (Wildman–Crippen MR) is 87.3 cm³/mol. The van der Waals surface area contributed by atoms with Crippen molar-refractivity contribution in [2.24, 2.45) is 0 Å². The lowest BCUT2D eigenvalue weighted by Crippen LogP contribution is -2.08. The van der Waals surface area contributed by atoms with Crippen LogP contribution in [0, 0.1) is 0 Å². The van der Waals surface area contributed by atoms with Gasteiger partial charge >= 0.3 is 0 Å². The second kappa shape index (κ2) is 5.17. The molecule has 0 radical (unpaired) electrons. The van der Waals surface area contributed by atoms with Gasteiger partial charge in [-0.15, -0.1) is 12.6 Å². The number of aromatic nitrogens is 1. The maximum atomic E-state index is 12.7. The number of thiol groups is 1. The lowest BCUT2D eigenvalue weighted by atomic mass is 10.0. The third-order valence-corrected chi connectivity index (χ3v) is 4.07. The summed E-state index contributed by atoms with van der Waals surface area (Å²) in [6.45, 7) is 0. The van der Waals surface area contributed by atoms with E-state index >= 15 is 0 Å². The van der Waals surface area contributed by atoms with Crippen molar-refractivity contribution in [1.82, 2.24) is 4.98 Å². The average Bonchev–Trinajstić information content (AvgIpc) is 2.42. The van der Waals surface area contributed by atoms with E-state index in [0.29, 0.717) is 31.6 Å². The molecule has 0 bridgehead atoms. The average molecular weight is 322 g/mol. The van der Waals surface area contributed by atoms with E-state index in [-0.39, 0.29) is 5.43 Å².